The molecule has 17 heteroatoms. The van der Waals surface area contributed by atoms with E-state index in [9.17, 15) is 35.2 Å². The number of anilines is 1. The van der Waals surface area contributed by atoms with Crippen LogP contribution in [0.3, 0.4) is 0 Å². The normalized spacial score (nSPS) is 16.2. The third-order valence-corrected chi connectivity index (χ3v) is 8.41. The second-order valence-corrected chi connectivity index (χ2v) is 11.7. The number of hydrogen-bond acceptors (Lipinski definition) is 8. The predicted molar refractivity (Wildman–Crippen MR) is 129 cm³/mol. The highest BCUT2D eigenvalue weighted by Gasteiger charge is 2.39. The second kappa shape index (κ2) is 10.3. The first-order valence-electron chi connectivity index (χ1n) is 11.4. The van der Waals surface area contributed by atoms with Gasteiger partial charge in [-0.1, -0.05) is 25.2 Å². The number of piperazine rings is 1. The van der Waals surface area contributed by atoms with Gasteiger partial charge in [-0.25, -0.2) is 22.2 Å². The average Bonchev–Trinajstić information content (AvgIpc) is 3.49. The van der Waals surface area contributed by atoms with Crippen LogP contribution in [0.1, 0.15) is 32.2 Å². The zero-order valence-corrected chi connectivity index (χ0v) is 22.0. The Morgan fingerprint density at radius 1 is 1.11 bits per heavy atom. The summed E-state index contributed by atoms with van der Waals surface area (Å²) in [5, 5.41) is 6.57. The average molecular weight is 582 g/mol. The molecule has 208 valence electrons. The first kappa shape index (κ1) is 28.1. The monoisotopic (exact) mass is 581 g/mol. The van der Waals surface area contributed by atoms with E-state index >= 15 is 0 Å². The number of fused-ring (bicyclic) bond motifs is 1. The van der Waals surface area contributed by atoms with E-state index in [-0.39, 0.29) is 22.7 Å². The largest absolute Gasteiger partial charge is 0.404 e. The SMILES string of the molecule is CC(C)C(=O)N1CCN(c2cc(S(=O)(=O)NC(C)C(F)(F)F)cn3c(-c4nnc(C(F)F)s4)ncc23)CC1. The molecule has 0 radical (unpaired) electrons. The summed E-state index contributed by atoms with van der Waals surface area (Å²) in [5.74, 6) is -0.236. The van der Waals surface area contributed by atoms with Crippen LogP contribution in [0.4, 0.5) is 27.6 Å². The lowest BCUT2D eigenvalue weighted by Crippen LogP contribution is -2.50. The Hall–Kier alpha value is -2.92. The van der Waals surface area contributed by atoms with Crippen molar-refractivity contribution in [2.24, 2.45) is 5.92 Å². The molecule has 1 N–H and O–H groups in total. The number of imidazole rings is 1. The van der Waals surface area contributed by atoms with Gasteiger partial charge in [-0.3, -0.25) is 9.20 Å². The van der Waals surface area contributed by atoms with Gasteiger partial charge in [-0.2, -0.15) is 17.9 Å². The summed E-state index contributed by atoms with van der Waals surface area (Å²) < 4.78 is 94.5. The molecule has 0 aliphatic carbocycles. The highest BCUT2D eigenvalue weighted by Crippen LogP contribution is 2.34. The molecule has 0 aromatic carbocycles. The molecule has 3 aromatic rings. The number of rotatable bonds is 7. The molecule has 4 rings (SSSR count). The number of halogens is 5. The summed E-state index contributed by atoms with van der Waals surface area (Å²) >= 11 is 0.561. The van der Waals surface area contributed by atoms with Gasteiger partial charge in [0.25, 0.3) is 6.43 Å². The molecule has 3 aromatic heterocycles. The molecule has 0 bridgehead atoms. The quantitative estimate of drug-likeness (QED) is 0.426. The highest BCUT2D eigenvalue weighted by molar-refractivity contribution is 7.89. The number of hydrogen-bond donors (Lipinski definition) is 1. The molecule has 0 spiro atoms. The zero-order chi connectivity index (χ0) is 28.0. The first-order valence-corrected chi connectivity index (χ1v) is 13.7. The molecule has 1 saturated heterocycles. The maximum absolute atomic E-state index is 13.1. The molecule has 1 aliphatic rings. The molecular formula is C21H24F5N7O3S2. The van der Waals surface area contributed by atoms with Gasteiger partial charge in [-0.15, -0.1) is 10.2 Å². The van der Waals surface area contributed by atoms with Crippen molar-refractivity contribution in [3.8, 4) is 10.8 Å². The fourth-order valence-corrected chi connectivity index (χ4v) is 5.87. The van der Waals surface area contributed by atoms with Gasteiger partial charge in [0.2, 0.25) is 15.9 Å². The number of aromatic nitrogens is 4. The Morgan fingerprint density at radius 3 is 2.32 bits per heavy atom. The number of pyridine rings is 1. The van der Waals surface area contributed by atoms with E-state index in [1.165, 1.54) is 16.7 Å². The Balaban J connectivity index is 1.79. The molecule has 10 nitrogen and oxygen atoms in total. The van der Waals surface area contributed by atoms with Crippen LogP contribution in [0.25, 0.3) is 16.3 Å². The third kappa shape index (κ3) is 5.58. The number of alkyl halides is 5. The predicted octanol–water partition coefficient (Wildman–Crippen LogP) is 3.32. The number of amides is 1. The Labute approximate surface area is 218 Å². The molecule has 38 heavy (non-hydrogen) atoms. The lowest BCUT2D eigenvalue weighted by atomic mass is 10.1. The van der Waals surface area contributed by atoms with Crippen molar-refractivity contribution in [3.63, 3.8) is 0 Å². The standard InChI is InChI=1S/C21H24F5N7O3S2/c1-11(2)20(34)32-6-4-31(5-7-32)14-8-13(38(35,36)30-12(3)21(24,25)26)10-33-15(14)9-27-17(33)19-29-28-18(37-19)16(22)23/h8-12,16,30H,4-7H2,1-3H3. The lowest BCUT2D eigenvalue weighted by molar-refractivity contribution is -0.147. The third-order valence-electron chi connectivity index (χ3n) is 5.97. The van der Waals surface area contributed by atoms with E-state index in [0.717, 1.165) is 6.20 Å². The van der Waals surface area contributed by atoms with E-state index in [1.807, 2.05) is 0 Å². The van der Waals surface area contributed by atoms with Crippen molar-refractivity contribution in [2.75, 3.05) is 31.1 Å². The fourth-order valence-electron chi connectivity index (χ4n) is 3.93. The number of carbonyl (C=O) groups is 1. The maximum Gasteiger partial charge on any atom is 0.404 e. The molecule has 0 saturated carbocycles. The van der Waals surface area contributed by atoms with Gasteiger partial charge in [0, 0.05) is 38.3 Å². The number of sulfonamides is 1. The van der Waals surface area contributed by atoms with Gasteiger partial charge >= 0.3 is 6.18 Å². The zero-order valence-electron chi connectivity index (χ0n) is 20.4. The minimum absolute atomic E-state index is 0.000177. The van der Waals surface area contributed by atoms with E-state index in [4.69, 9.17) is 0 Å². The van der Waals surface area contributed by atoms with Gasteiger partial charge in [-0.05, 0) is 13.0 Å². The van der Waals surface area contributed by atoms with Crippen molar-refractivity contribution >= 4 is 38.5 Å². The van der Waals surface area contributed by atoms with Crippen molar-refractivity contribution in [2.45, 2.75) is 44.3 Å². The maximum atomic E-state index is 13.1. The van der Waals surface area contributed by atoms with Crippen molar-refractivity contribution in [3.05, 3.63) is 23.5 Å². The fraction of sp³-hybridized carbons (Fsp3) is 0.524. The van der Waals surface area contributed by atoms with Gasteiger partial charge < -0.3 is 9.80 Å². The molecular weight excluding hydrogens is 557 g/mol. The molecule has 1 amide bonds. The minimum atomic E-state index is -4.82. The topological polar surface area (TPSA) is 113 Å². The number of nitrogens with zero attached hydrogens (tertiary/aromatic N) is 6. The summed E-state index contributed by atoms with van der Waals surface area (Å²) in [4.78, 5) is 19.6. The smallest absolute Gasteiger partial charge is 0.366 e. The first-order chi connectivity index (χ1) is 17.7. The molecule has 1 atom stereocenters. The molecule has 1 unspecified atom stereocenters. The summed E-state index contributed by atoms with van der Waals surface area (Å²) in [7, 11) is -4.68. The summed E-state index contributed by atoms with van der Waals surface area (Å²) in [6.45, 7) is 5.57. The second-order valence-electron chi connectivity index (χ2n) is 9.00. The molecule has 1 aliphatic heterocycles. The van der Waals surface area contributed by atoms with E-state index < -0.39 is 38.6 Å². The minimum Gasteiger partial charge on any atom is -0.366 e. The van der Waals surface area contributed by atoms with Gasteiger partial charge in [0.15, 0.2) is 15.8 Å². The van der Waals surface area contributed by atoms with E-state index in [1.54, 1.807) is 28.4 Å². The van der Waals surface area contributed by atoms with Crippen LogP contribution >= 0.6 is 11.3 Å². The van der Waals surface area contributed by atoms with Gasteiger partial charge in [0.1, 0.15) is 10.9 Å². The number of carbonyl (C=O) groups excluding carboxylic acids is 1. The van der Waals surface area contributed by atoms with Crippen LogP contribution in [0.15, 0.2) is 23.4 Å². The Bertz CT molecular complexity index is 1430. The summed E-state index contributed by atoms with van der Waals surface area (Å²) in [6.07, 6.45) is -5.24. The summed E-state index contributed by atoms with van der Waals surface area (Å²) in [6, 6.07) is -1.13. The van der Waals surface area contributed by atoms with Crippen LogP contribution in [-0.2, 0) is 14.8 Å². The van der Waals surface area contributed by atoms with Crippen molar-refractivity contribution in [1.29, 1.82) is 0 Å². The summed E-state index contributed by atoms with van der Waals surface area (Å²) in [5.41, 5.74) is 0.710. The van der Waals surface area contributed by atoms with E-state index in [2.05, 4.69) is 15.2 Å². The van der Waals surface area contributed by atoms with Crippen LogP contribution in [0.2, 0.25) is 0 Å². The van der Waals surface area contributed by atoms with Crippen LogP contribution in [0, 0.1) is 5.92 Å². The lowest BCUT2D eigenvalue weighted by Gasteiger charge is -2.37. The van der Waals surface area contributed by atoms with Crippen LogP contribution in [-0.4, -0.2) is 77.2 Å². The molecule has 4 heterocycles. The van der Waals surface area contributed by atoms with Crippen molar-refractivity contribution in [1.82, 2.24) is 29.2 Å². The molecule has 1 fully saturated rings. The van der Waals surface area contributed by atoms with Gasteiger partial charge in [0.05, 0.1) is 17.4 Å². The van der Waals surface area contributed by atoms with Crippen LogP contribution in [0.5, 0.6) is 0 Å². The van der Waals surface area contributed by atoms with Crippen LogP contribution < -0.4 is 9.62 Å². The Morgan fingerprint density at radius 2 is 1.76 bits per heavy atom. The Kier molecular flexibility index (Phi) is 7.64. The van der Waals surface area contributed by atoms with Crippen molar-refractivity contribution < 1.29 is 35.2 Å². The highest BCUT2D eigenvalue weighted by atomic mass is 32.2. The van der Waals surface area contributed by atoms with E-state index in [0.29, 0.717) is 55.6 Å². The number of nitrogens with one attached hydrogen (secondary N) is 1.